The van der Waals surface area contributed by atoms with Gasteiger partial charge >= 0.3 is 0 Å². The molecule has 0 amide bonds. The Hall–Kier alpha value is -0.170. The molecule has 0 radical (unpaired) electrons. The van der Waals surface area contributed by atoms with Crippen LogP contribution in [0.5, 0.6) is 0 Å². The highest BCUT2D eigenvalue weighted by Crippen LogP contribution is 2.07. The first-order valence-corrected chi connectivity index (χ1v) is 8.05. The third-order valence-electron chi connectivity index (χ3n) is 2.82. The van der Waals surface area contributed by atoms with Gasteiger partial charge in [0.25, 0.3) is 0 Å². The van der Waals surface area contributed by atoms with E-state index in [9.17, 15) is 8.42 Å². The van der Waals surface area contributed by atoms with Crippen LogP contribution >= 0.6 is 0 Å². The summed E-state index contributed by atoms with van der Waals surface area (Å²) in [6.45, 7) is 7.26. The molecule has 17 heavy (non-hydrogen) atoms. The molecule has 0 spiro atoms. The first kappa shape index (κ1) is 14.9. The zero-order valence-corrected chi connectivity index (χ0v) is 11.5. The van der Waals surface area contributed by atoms with Gasteiger partial charge in [-0.2, -0.15) is 0 Å². The molecule has 1 fully saturated rings. The van der Waals surface area contributed by atoms with Crippen molar-refractivity contribution < 1.29 is 17.9 Å². The molecule has 5 nitrogen and oxygen atoms in total. The summed E-state index contributed by atoms with van der Waals surface area (Å²) in [5.41, 5.74) is 0. The monoisotopic (exact) mass is 265 g/mol. The summed E-state index contributed by atoms with van der Waals surface area (Å²) in [4.78, 5) is 2.16. The molecular weight excluding hydrogens is 242 g/mol. The van der Waals surface area contributed by atoms with Crippen molar-refractivity contribution in [3.63, 3.8) is 0 Å². The van der Waals surface area contributed by atoms with E-state index in [0.717, 1.165) is 13.0 Å². The maximum atomic E-state index is 11.3. The minimum absolute atomic E-state index is 0.163. The van der Waals surface area contributed by atoms with E-state index in [1.807, 2.05) is 13.8 Å². The molecule has 1 aliphatic rings. The molecule has 0 atom stereocenters. The van der Waals surface area contributed by atoms with Gasteiger partial charge in [-0.25, -0.2) is 8.42 Å². The van der Waals surface area contributed by atoms with Gasteiger partial charge in [0.1, 0.15) is 0 Å². The molecule has 102 valence electrons. The summed E-state index contributed by atoms with van der Waals surface area (Å²) >= 11 is 0. The van der Waals surface area contributed by atoms with Crippen molar-refractivity contribution in [1.82, 2.24) is 4.90 Å². The Kier molecular flexibility index (Phi) is 6.40. The smallest absolute Gasteiger partial charge is 0.158 e. The Balaban J connectivity index is 2.25. The number of hydrogen-bond acceptors (Lipinski definition) is 5. The summed E-state index contributed by atoms with van der Waals surface area (Å²) in [6, 6.07) is 0. The van der Waals surface area contributed by atoms with Gasteiger partial charge in [0.15, 0.2) is 16.1 Å². The molecule has 0 unspecified atom stereocenters. The number of sulfone groups is 1. The fraction of sp³-hybridized carbons (Fsp3) is 1.00. The van der Waals surface area contributed by atoms with Crippen molar-refractivity contribution in [2.75, 3.05) is 44.4 Å². The molecule has 0 saturated carbocycles. The minimum Gasteiger partial charge on any atom is -0.353 e. The van der Waals surface area contributed by atoms with Crippen LogP contribution in [0.4, 0.5) is 0 Å². The average Bonchev–Trinajstić information content (AvgIpc) is 2.28. The predicted molar refractivity (Wildman–Crippen MR) is 66.8 cm³/mol. The third kappa shape index (κ3) is 5.81. The van der Waals surface area contributed by atoms with E-state index >= 15 is 0 Å². The second kappa shape index (κ2) is 7.31. The van der Waals surface area contributed by atoms with E-state index < -0.39 is 9.84 Å². The van der Waals surface area contributed by atoms with Gasteiger partial charge in [0.2, 0.25) is 0 Å². The van der Waals surface area contributed by atoms with Crippen LogP contribution in [0.25, 0.3) is 0 Å². The fourth-order valence-corrected chi connectivity index (χ4v) is 3.13. The van der Waals surface area contributed by atoms with Gasteiger partial charge in [-0.3, -0.25) is 0 Å². The summed E-state index contributed by atoms with van der Waals surface area (Å²) in [6.07, 6.45) is 0.630. The van der Waals surface area contributed by atoms with E-state index in [0.29, 0.717) is 26.3 Å². The lowest BCUT2D eigenvalue weighted by atomic mass is 10.3. The maximum absolute atomic E-state index is 11.3. The molecule has 1 heterocycles. The van der Waals surface area contributed by atoms with Crippen LogP contribution in [0.3, 0.4) is 0 Å². The SMILES string of the molecule is CCOC(CCN1CCS(=O)(=O)CC1)OCC. The second-order valence-electron chi connectivity index (χ2n) is 4.12. The summed E-state index contributed by atoms with van der Waals surface area (Å²) in [7, 11) is -2.78. The second-order valence-corrected chi connectivity index (χ2v) is 6.43. The van der Waals surface area contributed by atoms with Crippen LogP contribution in [0.2, 0.25) is 0 Å². The zero-order valence-electron chi connectivity index (χ0n) is 10.7. The van der Waals surface area contributed by atoms with Gasteiger partial charge < -0.3 is 14.4 Å². The molecule has 0 aromatic heterocycles. The molecule has 1 aliphatic heterocycles. The van der Waals surface area contributed by atoms with E-state index in [2.05, 4.69) is 4.90 Å². The van der Waals surface area contributed by atoms with E-state index in [1.54, 1.807) is 0 Å². The Labute approximate surface area is 104 Å². The average molecular weight is 265 g/mol. The van der Waals surface area contributed by atoms with Crippen molar-refractivity contribution >= 4 is 9.84 Å². The molecule has 6 heteroatoms. The van der Waals surface area contributed by atoms with Gasteiger partial charge in [0, 0.05) is 39.3 Å². The number of nitrogens with zero attached hydrogens (tertiary/aromatic N) is 1. The first-order valence-electron chi connectivity index (χ1n) is 6.23. The van der Waals surface area contributed by atoms with E-state index in [4.69, 9.17) is 9.47 Å². The molecule has 0 aliphatic carbocycles. The topological polar surface area (TPSA) is 55.8 Å². The van der Waals surface area contributed by atoms with Crippen LogP contribution in [0, 0.1) is 0 Å². The largest absolute Gasteiger partial charge is 0.353 e. The molecule has 0 N–H and O–H groups in total. The van der Waals surface area contributed by atoms with Crippen molar-refractivity contribution in [1.29, 1.82) is 0 Å². The summed E-state index contributed by atoms with van der Waals surface area (Å²) in [5, 5.41) is 0. The number of rotatable bonds is 7. The molecule has 0 aromatic carbocycles. The third-order valence-corrected chi connectivity index (χ3v) is 4.43. The Morgan fingerprint density at radius 3 is 2.12 bits per heavy atom. The van der Waals surface area contributed by atoms with Crippen molar-refractivity contribution in [2.24, 2.45) is 0 Å². The van der Waals surface area contributed by atoms with Gasteiger partial charge in [-0.05, 0) is 13.8 Å². The highest BCUT2D eigenvalue weighted by Gasteiger charge is 2.22. The fourth-order valence-electron chi connectivity index (χ4n) is 1.85. The Morgan fingerprint density at radius 1 is 1.12 bits per heavy atom. The zero-order chi connectivity index (χ0) is 12.7. The van der Waals surface area contributed by atoms with Crippen LogP contribution < -0.4 is 0 Å². The lowest BCUT2D eigenvalue weighted by Crippen LogP contribution is -2.41. The van der Waals surface area contributed by atoms with E-state index in [1.165, 1.54) is 0 Å². The molecule has 1 saturated heterocycles. The highest BCUT2D eigenvalue weighted by molar-refractivity contribution is 7.91. The van der Waals surface area contributed by atoms with Crippen molar-refractivity contribution in [2.45, 2.75) is 26.6 Å². The normalized spacial score (nSPS) is 20.9. The van der Waals surface area contributed by atoms with Gasteiger partial charge in [-0.1, -0.05) is 0 Å². The quantitative estimate of drug-likeness (QED) is 0.628. The lowest BCUT2D eigenvalue weighted by Gasteiger charge is -2.28. The van der Waals surface area contributed by atoms with Crippen LogP contribution in [-0.2, 0) is 19.3 Å². The molecule has 0 bridgehead atoms. The summed E-state index contributed by atoms with van der Waals surface area (Å²) < 4.78 is 33.4. The van der Waals surface area contributed by atoms with Crippen LogP contribution in [-0.4, -0.2) is 64.0 Å². The van der Waals surface area contributed by atoms with Crippen LogP contribution in [0.15, 0.2) is 0 Å². The first-order chi connectivity index (χ1) is 8.07. The summed E-state index contributed by atoms with van der Waals surface area (Å²) in [5.74, 6) is 0.557. The predicted octanol–water partition coefficient (Wildman–Crippen LogP) is 0.506. The van der Waals surface area contributed by atoms with Crippen molar-refractivity contribution in [3.05, 3.63) is 0 Å². The minimum atomic E-state index is -2.78. The van der Waals surface area contributed by atoms with Crippen LogP contribution in [0.1, 0.15) is 20.3 Å². The molecule has 1 rings (SSSR count). The maximum Gasteiger partial charge on any atom is 0.158 e. The van der Waals surface area contributed by atoms with Gasteiger partial charge in [0.05, 0.1) is 11.5 Å². The molecular formula is C11H23NO4S. The Bertz CT molecular complexity index is 285. The Morgan fingerprint density at radius 2 is 1.65 bits per heavy atom. The standard InChI is InChI=1S/C11H23NO4S/c1-3-15-11(16-4-2)5-6-12-7-9-17(13,14)10-8-12/h11H,3-10H2,1-2H3. The number of hydrogen-bond donors (Lipinski definition) is 0. The van der Waals surface area contributed by atoms with E-state index in [-0.39, 0.29) is 17.8 Å². The highest BCUT2D eigenvalue weighted by atomic mass is 32.2. The lowest BCUT2D eigenvalue weighted by molar-refractivity contribution is -0.141. The number of ether oxygens (including phenoxy) is 2. The van der Waals surface area contributed by atoms with Crippen molar-refractivity contribution in [3.8, 4) is 0 Å². The molecule has 0 aromatic rings. The van der Waals surface area contributed by atoms with Gasteiger partial charge in [-0.15, -0.1) is 0 Å².